The molecule has 0 aromatic heterocycles. The predicted molar refractivity (Wildman–Crippen MR) is 49.0 cm³/mol. The lowest BCUT2D eigenvalue weighted by Crippen LogP contribution is -2.38. The Kier molecular flexibility index (Phi) is 8.17. The highest BCUT2D eigenvalue weighted by Gasteiger charge is 1.97. The second kappa shape index (κ2) is 8.95. The van der Waals surface area contributed by atoms with Crippen LogP contribution in [-0.4, -0.2) is 45.0 Å². The van der Waals surface area contributed by atoms with Crippen LogP contribution in [0.5, 0.6) is 0 Å². The molecular formula is C7H16N4O2. The second-order valence-corrected chi connectivity index (χ2v) is 2.39. The lowest BCUT2D eigenvalue weighted by atomic mass is 10.5. The van der Waals surface area contributed by atoms with Gasteiger partial charge < -0.3 is 21.7 Å². The van der Waals surface area contributed by atoms with Crippen LogP contribution in [0.25, 0.3) is 0 Å². The minimum Gasteiger partial charge on any atom is -0.357 e. The third-order valence-electron chi connectivity index (χ3n) is 1.28. The maximum Gasteiger partial charge on any atom is 0.234 e. The highest BCUT2D eigenvalue weighted by Crippen LogP contribution is 1.63. The predicted octanol–water partition coefficient (Wildman–Crippen LogP) is -2.60. The molecule has 0 aromatic carbocycles. The van der Waals surface area contributed by atoms with Crippen LogP contribution in [0.4, 0.5) is 0 Å². The molecule has 2 amide bonds. The van der Waals surface area contributed by atoms with Crippen molar-refractivity contribution < 1.29 is 9.59 Å². The minimum atomic E-state index is -0.0962. The maximum absolute atomic E-state index is 11.0. The van der Waals surface area contributed by atoms with E-state index in [0.29, 0.717) is 32.6 Å². The van der Waals surface area contributed by atoms with E-state index in [2.05, 4.69) is 16.0 Å². The van der Waals surface area contributed by atoms with Gasteiger partial charge in [0, 0.05) is 26.2 Å². The molecule has 13 heavy (non-hydrogen) atoms. The van der Waals surface area contributed by atoms with Gasteiger partial charge in [0.25, 0.3) is 0 Å². The fourth-order valence-electron chi connectivity index (χ4n) is 0.699. The molecule has 0 radical (unpaired) electrons. The smallest absolute Gasteiger partial charge is 0.234 e. The van der Waals surface area contributed by atoms with Crippen molar-refractivity contribution in [1.82, 2.24) is 16.0 Å². The van der Waals surface area contributed by atoms with Crippen LogP contribution in [0.3, 0.4) is 0 Å². The quantitative estimate of drug-likeness (QED) is 0.248. The topological polar surface area (TPSA) is 96.2 Å². The number of hydrogen-bond acceptors (Lipinski definition) is 4. The number of carbonyl (C=O) groups excluding carboxylic acids is 2. The monoisotopic (exact) mass is 188 g/mol. The molecule has 0 saturated heterocycles. The zero-order valence-corrected chi connectivity index (χ0v) is 7.51. The van der Waals surface area contributed by atoms with Gasteiger partial charge >= 0.3 is 0 Å². The number of amides is 2. The first kappa shape index (κ1) is 11.9. The van der Waals surface area contributed by atoms with Crippen LogP contribution in [0, 0.1) is 0 Å². The van der Waals surface area contributed by atoms with Gasteiger partial charge in [0.15, 0.2) is 0 Å². The molecule has 0 aromatic rings. The third-order valence-corrected chi connectivity index (χ3v) is 1.28. The molecule has 6 heteroatoms. The molecule has 0 bridgehead atoms. The van der Waals surface area contributed by atoms with Crippen molar-refractivity contribution in [2.24, 2.45) is 5.73 Å². The zero-order chi connectivity index (χ0) is 9.94. The molecule has 0 rings (SSSR count). The summed E-state index contributed by atoms with van der Waals surface area (Å²) in [6, 6.07) is 0. The third kappa shape index (κ3) is 8.77. The molecule has 0 spiro atoms. The molecular weight excluding hydrogens is 172 g/mol. The number of nitrogens with two attached hydrogens (primary N) is 1. The largest absolute Gasteiger partial charge is 0.357 e. The molecule has 6 nitrogen and oxygen atoms in total. The first-order chi connectivity index (χ1) is 6.31. The van der Waals surface area contributed by atoms with Crippen molar-refractivity contribution >= 4 is 12.3 Å². The van der Waals surface area contributed by atoms with E-state index < -0.39 is 0 Å². The Morgan fingerprint density at radius 2 is 2.08 bits per heavy atom. The summed E-state index contributed by atoms with van der Waals surface area (Å²) in [6.45, 7) is 2.30. The molecule has 76 valence electrons. The zero-order valence-electron chi connectivity index (χ0n) is 7.51. The van der Waals surface area contributed by atoms with Gasteiger partial charge in [-0.2, -0.15) is 0 Å². The summed E-state index contributed by atoms with van der Waals surface area (Å²) in [4.78, 5) is 20.8. The van der Waals surface area contributed by atoms with E-state index in [-0.39, 0.29) is 12.5 Å². The lowest BCUT2D eigenvalue weighted by Gasteiger charge is -2.04. The molecule has 0 fully saturated rings. The first-order valence-electron chi connectivity index (χ1n) is 4.15. The molecule has 0 aliphatic heterocycles. The van der Waals surface area contributed by atoms with Gasteiger partial charge in [0.05, 0.1) is 6.54 Å². The Bertz CT molecular complexity index is 151. The van der Waals surface area contributed by atoms with Gasteiger partial charge in [-0.1, -0.05) is 0 Å². The van der Waals surface area contributed by atoms with Crippen LogP contribution in [0.1, 0.15) is 0 Å². The van der Waals surface area contributed by atoms with Gasteiger partial charge in [0.2, 0.25) is 12.3 Å². The maximum atomic E-state index is 11.0. The number of hydrogen-bond donors (Lipinski definition) is 4. The summed E-state index contributed by atoms with van der Waals surface area (Å²) in [6.07, 6.45) is 0.596. The molecule has 0 aliphatic carbocycles. The fraction of sp³-hybridized carbons (Fsp3) is 0.714. The molecule has 0 aliphatic rings. The van der Waals surface area contributed by atoms with Gasteiger partial charge in [-0.25, -0.2) is 0 Å². The van der Waals surface area contributed by atoms with E-state index in [4.69, 9.17) is 5.73 Å². The Labute approximate surface area is 77.2 Å². The van der Waals surface area contributed by atoms with E-state index in [1.165, 1.54) is 0 Å². The van der Waals surface area contributed by atoms with Crippen molar-refractivity contribution in [2.45, 2.75) is 0 Å². The molecule has 0 saturated carbocycles. The van der Waals surface area contributed by atoms with Crippen LogP contribution in [0.15, 0.2) is 0 Å². The summed E-state index contributed by atoms with van der Waals surface area (Å²) < 4.78 is 0. The molecule has 0 unspecified atom stereocenters. The van der Waals surface area contributed by atoms with Crippen LogP contribution in [-0.2, 0) is 9.59 Å². The van der Waals surface area contributed by atoms with Gasteiger partial charge in [-0.15, -0.1) is 0 Å². The SMILES string of the molecule is NCCNCC(=O)NCCNC=O. The Balaban J connectivity index is 3.15. The van der Waals surface area contributed by atoms with Crippen LogP contribution >= 0.6 is 0 Å². The summed E-state index contributed by atoms with van der Waals surface area (Å²) in [5.74, 6) is -0.0962. The van der Waals surface area contributed by atoms with E-state index in [9.17, 15) is 9.59 Å². The second-order valence-electron chi connectivity index (χ2n) is 2.39. The number of rotatable bonds is 8. The van der Waals surface area contributed by atoms with Gasteiger partial charge in [-0.05, 0) is 0 Å². The van der Waals surface area contributed by atoms with E-state index in [1.807, 2.05) is 0 Å². The van der Waals surface area contributed by atoms with Crippen molar-refractivity contribution in [3.8, 4) is 0 Å². The van der Waals surface area contributed by atoms with Crippen LogP contribution in [0.2, 0.25) is 0 Å². The van der Waals surface area contributed by atoms with Gasteiger partial charge in [-0.3, -0.25) is 9.59 Å². The molecule has 0 heterocycles. The molecule has 0 atom stereocenters. The van der Waals surface area contributed by atoms with Crippen LogP contribution < -0.4 is 21.7 Å². The first-order valence-corrected chi connectivity index (χ1v) is 4.15. The lowest BCUT2D eigenvalue weighted by molar-refractivity contribution is -0.120. The Morgan fingerprint density at radius 1 is 1.31 bits per heavy atom. The van der Waals surface area contributed by atoms with E-state index >= 15 is 0 Å². The van der Waals surface area contributed by atoms with Gasteiger partial charge in [0.1, 0.15) is 0 Å². The van der Waals surface area contributed by atoms with E-state index in [0.717, 1.165) is 0 Å². The standard InChI is InChI=1S/C7H16N4O2/c8-1-2-9-5-7(13)11-4-3-10-6-12/h6,9H,1-5,8H2,(H,10,12)(H,11,13). The van der Waals surface area contributed by atoms with E-state index in [1.54, 1.807) is 0 Å². The Morgan fingerprint density at radius 3 is 2.69 bits per heavy atom. The highest BCUT2D eigenvalue weighted by atomic mass is 16.2. The number of nitrogens with one attached hydrogen (secondary N) is 3. The molecule has 5 N–H and O–H groups in total. The summed E-state index contributed by atoms with van der Waals surface area (Å²) >= 11 is 0. The highest BCUT2D eigenvalue weighted by molar-refractivity contribution is 5.77. The average Bonchev–Trinajstić information content (AvgIpc) is 2.13. The summed E-state index contributed by atoms with van der Waals surface area (Å²) in [5, 5.41) is 7.90. The summed E-state index contributed by atoms with van der Waals surface area (Å²) in [7, 11) is 0. The minimum absolute atomic E-state index is 0.0962. The van der Waals surface area contributed by atoms with Crippen molar-refractivity contribution in [2.75, 3.05) is 32.7 Å². The normalized spacial score (nSPS) is 9.31. The van der Waals surface area contributed by atoms with Crippen molar-refractivity contribution in [3.63, 3.8) is 0 Å². The van der Waals surface area contributed by atoms with Crippen molar-refractivity contribution in [1.29, 1.82) is 0 Å². The fourth-order valence-corrected chi connectivity index (χ4v) is 0.699. The average molecular weight is 188 g/mol. The Hall–Kier alpha value is -1.14. The summed E-state index contributed by atoms with van der Waals surface area (Å²) in [5.41, 5.74) is 5.21. The number of carbonyl (C=O) groups is 2. The van der Waals surface area contributed by atoms with Crippen molar-refractivity contribution in [3.05, 3.63) is 0 Å².